The molecule has 0 bridgehead atoms. The van der Waals surface area contributed by atoms with Crippen molar-refractivity contribution in [1.29, 1.82) is 0 Å². The van der Waals surface area contributed by atoms with Crippen molar-refractivity contribution in [3.63, 3.8) is 0 Å². The fraction of sp³-hybridized carbons (Fsp3) is 1.00. The Morgan fingerprint density at radius 2 is 1.71 bits per heavy atom. The quantitative estimate of drug-likeness (QED) is 0.489. The smallest absolute Gasteiger partial charge is 0.00833 e. The molecule has 0 aromatic carbocycles. The minimum atomic E-state index is 0.998. The molecule has 0 aliphatic heterocycles. The van der Waals surface area contributed by atoms with Gasteiger partial charge in [0.1, 0.15) is 0 Å². The van der Waals surface area contributed by atoms with Crippen LogP contribution in [0.4, 0.5) is 0 Å². The Labute approximate surface area is 49.7 Å². The van der Waals surface area contributed by atoms with Crippen LogP contribution in [0, 0.1) is 5.92 Å². The van der Waals surface area contributed by atoms with Gasteiger partial charge in [0.2, 0.25) is 0 Å². The molecular formula is C6H15Si. The minimum Gasteiger partial charge on any atom is -0.0651 e. The van der Waals surface area contributed by atoms with Gasteiger partial charge in [0.25, 0.3) is 0 Å². The standard InChI is InChI=1S/C6H15Si/c1-3-6(4-2)5-7/h6H,3-5,7H2,1-2H3. The SMILES string of the molecule is CCC(CC)C[SiH2]. The van der Waals surface area contributed by atoms with Crippen LogP contribution in [0.5, 0.6) is 0 Å². The molecule has 0 spiro atoms. The van der Waals surface area contributed by atoms with Crippen LogP contribution in [0.1, 0.15) is 26.7 Å². The molecule has 0 saturated heterocycles. The van der Waals surface area contributed by atoms with E-state index >= 15 is 0 Å². The first kappa shape index (κ1) is 7.22. The van der Waals surface area contributed by atoms with Crippen LogP contribution in [0.2, 0.25) is 6.04 Å². The van der Waals surface area contributed by atoms with Gasteiger partial charge in [-0.15, -0.1) is 0 Å². The van der Waals surface area contributed by atoms with Gasteiger partial charge in [0, 0.05) is 10.2 Å². The monoisotopic (exact) mass is 115 g/mol. The Morgan fingerprint density at radius 1 is 1.29 bits per heavy atom. The van der Waals surface area contributed by atoms with E-state index in [1.54, 1.807) is 0 Å². The molecule has 0 rings (SSSR count). The summed E-state index contributed by atoms with van der Waals surface area (Å²) in [5, 5.41) is 0. The molecule has 0 nitrogen and oxygen atoms in total. The van der Waals surface area contributed by atoms with Crippen molar-refractivity contribution in [1.82, 2.24) is 0 Å². The summed E-state index contributed by atoms with van der Waals surface area (Å²) in [6, 6.07) is 1.38. The van der Waals surface area contributed by atoms with E-state index in [-0.39, 0.29) is 0 Å². The van der Waals surface area contributed by atoms with Crippen molar-refractivity contribution < 1.29 is 0 Å². The third-order valence-electron chi connectivity index (χ3n) is 1.56. The van der Waals surface area contributed by atoms with Gasteiger partial charge in [-0.2, -0.15) is 0 Å². The zero-order chi connectivity index (χ0) is 5.70. The van der Waals surface area contributed by atoms with Crippen LogP contribution in [0.25, 0.3) is 0 Å². The van der Waals surface area contributed by atoms with Crippen LogP contribution in [-0.2, 0) is 0 Å². The molecule has 0 amide bonds. The van der Waals surface area contributed by atoms with E-state index in [4.69, 9.17) is 0 Å². The van der Waals surface area contributed by atoms with E-state index in [2.05, 4.69) is 24.1 Å². The summed E-state index contributed by atoms with van der Waals surface area (Å²) >= 11 is 0. The lowest BCUT2D eigenvalue weighted by atomic mass is 10.1. The van der Waals surface area contributed by atoms with Crippen LogP contribution in [0.3, 0.4) is 0 Å². The Kier molecular flexibility index (Phi) is 4.51. The molecule has 0 unspecified atom stereocenters. The lowest BCUT2D eigenvalue weighted by Gasteiger charge is -2.05. The molecule has 1 heteroatoms. The molecule has 1 radical (unpaired) electrons. The Balaban J connectivity index is 2.99. The van der Waals surface area contributed by atoms with E-state index < -0.39 is 0 Å². The molecule has 43 valence electrons. The van der Waals surface area contributed by atoms with Gasteiger partial charge in [-0.25, -0.2) is 0 Å². The van der Waals surface area contributed by atoms with Crippen molar-refractivity contribution in [3.8, 4) is 0 Å². The summed E-state index contributed by atoms with van der Waals surface area (Å²) in [5.74, 6) is 0.998. The molecule has 0 heterocycles. The number of hydrogen-bond donors (Lipinski definition) is 0. The van der Waals surface area contributed by atoms with Crippen molar-refractivity contribution in [2.45, 2.75) is 32.7 Å². The largest absolute Gasteiger partial charge is 0.0651 e. The van der Waals surface area contributed by atoms with E-state index in [1.807, 2.05) is 0 Å². The molecule has 0 aromatic heterocycles. The van der Waals surface area contributed by atoms with Crippen LogP contribution < -0.4 is 0 Å². The first-order valence-corrected chi connectivity index (χ1v) is 4.14. The molecule has 0 fully saturated rings. The van der Waals surface area contributed by atoms with Crippen LogP contribution in [-0.4, -0.2) is 10.2 Å². The first-order valence-electron chi connectivity index (χ1n) is 3.14. The second-order valence-electron chi connectivity index (χ2n) is 1.97. The molecule has 7 heavy (non-hydrogen) atoms. The maximum atomic E-state index is 2.27. The second kappa shape index (κ2) is 4.38. The zero-order valence-corrected chi connectivity index (χ0v) is 6.82. The highest BCUT2D eigenvalue weighted by atomic mass is 28.1. The molecule has 0 aliphatic carbocycles. The van der Waals surface area contributed by atoms with E-state index in [0.29, 0.717) is 0 Å². The average Bonchev–Trinajstić information content (AvgIpc) is 1.72. The maximum absolute atomic E-state index is 2.27. The Hall–Kier alpha value is 0.217. The van der Waals surface area contributed by atoms with Gasteiger partial charge in [0.05, 0.1) is 0 Å². The molecule has 0 aromatic rings. The number of rotatable bonds is 3. The van der Waals surface area contributed by atoms with E-state index in [0.717, 1.165) is 5.92 Å². The summed E-state index contributed by atoms with van der Waals surface area (Å²) in [6.07, 6.45) is 2.72. The second-order valence-corrected chi connectivity index (χ2v) is 2.55. The fourth-order valence-electron chi connectivity index (χ4n) is 0.697. The van der Waals surface area contributed by atoms with Gasteiger partial charge < -0.3 is 0 Å². The summed E-state index contributed by atoms with van der Waals surface area (Å²) in [6.45, 7) is 4.53. The van der Waals surface area contributed by atoms with E-state index in [9.17, 15) is 0 Å². The van der Waals surface area contributed by atoms with Crippen molar-refractivity contribution in [2.24, 2.45) is 5.92 Å². The van der Waals surface area contributed by atoms with Gasteiger partial charge in [-0.1, -0.05) is 32.7 Å². The average molecular weight is 115 g/mol. The van der Waals surface area contributed by atoms with Gasteiger partial charge in [-0.3, -0.25) is 0 Å². The molecule has 0 N–H and O–H groups in total. The molecule has 0 atom stereocenters. The highest BCUT2D eigenvalue weighted by Gasteiger charge is 1.95. The first-order chi connectivity index (χ1) is 3.35. The Bertz CT molecular complexity index is 25.7. The molecule has 0 aliphatic rings. The lowest BCUT2D eigenvalue weighted by molar-refractivity contribution is 0.544. The Morgan fingerprint density at radius 3 is 1.71 bits per heavy atom. The predicted octanol–water partition coefficient (Wildman–Crippen LogP) is 1.47. The van der Waals surface area contributed by atoms with Crippen molar-refractivity contribution >= 4 is 10.2 Å². The number of hydrogen-bond acceptors (Lipinski definition) is 0. The zero-order valence-electron chi connectivity index (χ0n) is 5.41. The maximum Gasteiger partial charge on any atom is 0.00833 e. The minimum absolute atomic E-state index is 0.998. The highest BCUT2D eigenvalue weighted by molar-refractivity contribution is 6.08. The third-order valence-corrected chi connectivity index (χ3v) is 2.38. The topological polar surface area (TPSA) is 0 Å². The van der Waals surface area contributed by atoms with E-state index in [1.165, 1.54) is 18.9 Å². The van der Waals surface area contributed by atoms with Gasteiger partial charge in [-0.05, 0) is 5.92 Å². The highest BCUT2D eigenvalue weighted by Crippen LogP contribution is 2.09. The predicted molar refractivity (Wildman–Crippen MR) is 37.4 cm³/mol. The third kappa shape index (κ3) is 2.86. The van der Waals surface area contributed by atoms with Crippen molar-refractivity contribution in [2.75, 3.05) is 0 Å². The summed E-state index contributed by atoms with van der Waals surface area (Å²) in [4.78, 5) is 0. The lowest BCUT2D eigenvalue weighted by Crippen LogP contribution is -1.93. The summed E-state index contributed by atoms with van der Waals surface area (Å²) in [5.41, 5.74) is 0. The van der Waals surface area contributed by atoms with Crippen molar-refractivity contribution in [3.05, 3.63) is 0 Å². The molecule has 0 saturated carbocycles. The summed E-state index contributed by atoms with van der Waals surface area (Å²) < 4.78 is 0. The molecular weight excluding hydrogens is 100 g/mol. The van der Waals surface area contributed by atoms with Crippen LogP contribution >= 0.6 is 0 Å². The van der Waals surface area contributed by atoms with Gasteiger partial charge >= 0.3 is 0 Å². The van der Waals surface area contributed by atoms with Gasteiger partial charge in [0.15, 0.2) is 0 Å². The van der Waals surface area contributed by atoms with Crippen LogP contribution in [0.15, 0.2) is 0 Å². The summed E-state index contributed by atoms with van der Waals surface area (Å²) in [7, 11) is 2.09. The normalized spacial score (nSPS) is 10.3. The fourth-order valence-corrected chi connectivity index (χ4v) is 1.51.